The lowest BCUT2D eigenvalue weighted by molar-refractivity contribution is -0.129. The van der Waals surface area contributed by atoms with Gasteiger partial charge in [0.1, 0.15) is 0 Å². The van der Waals surface area contributed by atoms with Crippen molar-refractivity contribution in [1.82, 2.24) is 15.1 Å². The quantitative estimate of drug-likeness (QED) is 0.807. The number of anilines is 2. The second kappa shape index (κ2) is 7.51. The maximum Gasteiger partial charge on any atom is 0.235 e. The summed E-state index contributed by atoms with van der Waals surface area (Å²) in [7, 11) is 0. The highest BCUT2D eigenvalue weighted by atomic mass is 35.5. The molecule has 1 saturated heterocycles. The largest absolute Gasteiger partial charge is 0.342 e. The average Bonchev–Trinajstić information content (AvgIpc) is 3.21. The van der Waals surface area contributed by atoms with Gasteiger partial charge in [0.15, 0.2) is 4.34 Å². The first-order chi connectivity index (χ1) is 11.1. The number of hydrogen-bond acceptors (Lipinski definition) is 6. The van der Waals surface area contributed by atoms with Crippen molar-refractivity contribution < 1.29 is 4.79 Å². The lowest BCUT2D eigenvalue weighted by Crippen LogP contribution is -2.33. The number of likely N-dealkylation sites (tertiary alicyclic amines) is 1. The van der Waals surface area contributed by atoms with Crippen molar-refractivity contribution >= 4 is 51.4 Å². The number of nitrogens with one attached hydrogen (secondary N) is 1. The Labute approximate surface area is 148 Å². The zero-order valence-corrected chi connectivity index (χ0v) is 15.0. The number of nitrogens with zero attached hydrogens (tertiary/aromatic N) is 3. The summed E-state index contributed by atoms with van der Waals surface area (Å²) < 4.78 is 0.777. The Morgan fingerprint density at radius 1 is 1.35 bits per heavy atom. The number of carbonyl (C=O) groups excluding carboxylic acids is 1. The Morgan fingerprint density at radius 2 is 2.09 bits per heavy atom. The molecular formula is C15H17ClN4OS2. The minimum Gasteiger partial charge on any atom is -0.342 e. The van der Waals surface area contributed by atoms with E-state index in [9.17, 15) is 4.79 Å². The molecule has 8 heteroatoms. The molecule has 0 radical (unpaired) electrons. The summed E-state index contributed by atoms with van der Waals surface area (Å²) in [5.74, 6) is 0.184. The normalized spacial score (nSPS) is 15.7. The van der Waals surface area contributed by atoms with Crippen LogP contribution in [0.15, 0.2) is 28.6 Å². The molecule has 1 aliphatic heterocycles. The monoisotopic (exact) mass is 368 g/mol. The van der Waals surface area contributed by atoms with E-state index in [-0.39, 0.29) is 11.2 Å². The smallest absolute Gasteiger partial charge is 0.235 e. The van der Waals surface area contributed by atoms with E-state index < -0.39 is 0 Å². The topological polar surface area (TPSA) is 58.1 Å². The third kappa shape index (κ3) is 4.16. The SMILES string of the molecule is C[C@H](Sc1nnc(Nc2ccccc2Cl)s1)C(=O)N1CCCC1. The Kier molecular flexibility index (Phi) is 5.40. The molecule has 1 atom stereocenters. The molecule has 2 aromatic rings. The van der Waals surface area contributed by atoms with Crippen LogP contribution in [0.3, 0.4) is 0 Å². The second-order valence-corrected chi connectivity index (χ2v) is 8.24. The van der Waals surface area contributed by atoms with Crippen molar-refractivity contribution in [3.63, 3.8) is 0 Å². The summed E-state index contributed by atoms with van der Waals surface area (Å²) >= 11 is 9.00. The van der Waals surface area contributed by atoms with Gasteiger partial charge in [-0.15, -0.1) is 10.2 Å². The van der Waals surface area contributed by atoms with Gasteiger partial charge in [-0.05, 0) is 31.9 Å². The van der Waals surface area contributed by atoms with Crippen LogP contribution in [0.4, 0.5) is 10.8 Å². The van der Waals surface area contributed by atoms with Crippen molar-refractivity contribution in [3.8, 4) is 0 Å². The molecule has 2 heterocycles. The lowest BCUT2D eigenvalue weighted by Gasteiger charge is -2.18. The summed E-state index contributed by atoms with van der Waals surface area (Å²) in [6.07, 6.45) is 2.21. The number of carbonyl (C=O) groups is 1. The number of thioether (sulfide) groups is 1. The molecule has 1 aromatic heterocycles. The third-order valence-electron chi connectivity index (χ3n) is 3.57. The minimum absolute atomic E-state index is 0.144. The van der Waals surface area contributed by atoms with Crippen LogP contribution in [0.1, 0.15) is 19.8 Å². The molecule has 1 aromatic carbocycles. The zero-order valence-electron chi connectivity index (χ0n) is 12.7. The van der Waals surface area contributed by atoms with Gasteiger partial charge < -0.3 is 10.2 Å². The van der Waals surface area contributed by atoms with E-state index in [2.05, 4.69) is 15.5 Å². The number of rotatable bonds is 5. The standard InChI is InChI=1S/C15H17ClN4OS2/c1-10(13(21)20-8-4-5-9-20)22-15-19-18-14(23-15)17-12-7-3-2-6-11(12)16/h2-3,6-7,10H,4-5,8-9H2,1H3,(H,17,18)/t10-/m0/s1. The van der Waals surface area contributed by atoms with Gasteiger partial charge in [-0.2, -0.15) is 0 Å². The first-order valence-electron chi connectivity index (χ1n) is 7.44. The summed E-state index contributed by atoms with van der Waals surface area (Å²) in [5, 5.41) is 12.6. The van der Waals surface area contributed by atoms with Crippen molar-refractivity contribution in [2.75, 3.05) is 18.4 Å². The first kappa shape index (κ1) is 16.5. The molecule has 1 N–H and O–H groups in total. The van der Waals surface area contributed by atoms with E-state index in [1.54, 1.807) is 0 Å². The van der Waals surface area contributed by atoms with Crippen LogP contribution in [0, 0.1) is 0 Å². The van der Waals surface area contributed by atoms with Gasteiger partial charge in [-0.1, -0.05) is 46.8 Å². The summed E-state index contributed by atoms with van der Waals surface area (Å²) in [4.78, 5) is 14.3. The van der Waals surface area contributed by atoms with Crippen LogP contribution in [0.25, 0.3) is 0 Å². The molecule has 0 aliphatic carbocycles. The van der Waals surface area contributed by atoms with Crippen LogP contribution >= 0.6 is 34.7 Å². The van der Waals surface area contributed by atoms with E-state index >= 15 is 0 Å². The van der Waals surface area contributed by atoms with Crippen LogP contribution in [0.2, 0.25) is 5.02 Å². The molecule has 1 amide bonds. The second-order valence-electron chi connectivity index (χ2n) is 5.27. The van der Waals surface area contributed by atoms with Crippen LogP contribution in [-0.2, 0) is 4.79 Å². The van der Waals surface area contributed by atoms with Gasteiger partial charge in [0.25, 0.3) is 0 Å². The van der Waals surface area contributed by atoms with Crippen LogP contribution in [0.5, 0.6) is 0 Å². The number of halogens is 1. The third-order valence-corrected chi connectivity index (χ3v) is 5.91. The van der Waals surface area contributed by atoms with Crippen molar-refractivity contribution in [2.45, 2.75) is 29.4 Å². The van der Waals surface area contributed by atoms with Crippen LogP contribution < -0.4 is 5.32 Å². The predicted molar refractivity (Wildman–Crippen MR) is 95.8 cm³/mol. The fourth-order valence-electron chi connectivity index (χ4n) is 2.38. The van der Waals surface area contributed by atoms with E-state index in [0.29, 0.717) is 10.2 Å². The number of aromatic nitrogens is 2. The zero-order chi connectivity index (χ0) is 16.2. The minimum atomic E-state index is -0.144. The van der Waals surface area contributed by atoms with E-state index in [0.717, 1.165) is 36.0 Å². The summed E-state index contributed by atoms with van der Waals surface area (Å²) in [5.41, 5.74) is 0.794. The molecule has 0 bridgehead atoms. The number of para-hydroxylation sites is 1. The van der Waals surface area contributed by atoms with Gasteiger partial charge in [0, 0.05) is 13.1 Å². The molecule has 1 fully saturated rings. The summed E-state index contributed by atoms with van der Waals surface area (Å²) in [6.45, 7) is 3.67. The number of hydrogen-bond donors (Lipinski definition) is 1. The van der Waals surface area contributed by atoms with Gasteiger partial charge in [0.05, 0.1) is 16.0 Å². The van der Waals surface area contributed by atoms with Crippen molar-refractivity contribution in [2.24, 2.45) is 0 Å². The van der Waals surface area contributed by atoms with Gasteiger partial charge in [0.2, 0.25) is 11.0 Å². The Bertz CT molecular complexity index is 688. The fourth-order valence-corrected chi connectivity index (χ4v) is 4.56. The maximum atomic E-state index is 12.3. The fraction of sp³-hybridized carbons (Fsp3) is 0.400. The lowest BCUT2D eigenvalue weighted by atomic mass is 10.3. The van der Waals surface area contributed by atoms with Crippen molar-refractivity contribution in [1.29, 1.82) is 0 Å². The van der Waals surface area contributed by atoms with E-state index in [4.69, 9.17) is 11.6 Å². The highest BCUT2D eigenvalue weighted by molar-refractivity contribution is 8.02. The molecule has 122 valence electrons. The van der Waals surface area contributed by atoms with E-state index in [1.165, 1.54) is 23.1 Å². The highest BCUT2D eigenvalue weighted by Crippen LogP contribution is 2.32. The summed E-state index contributed by atoms with van der Waals surface area (Å²) in [6, 6.07) is 7.48. The van der Waals surface area contributed by atoms with Gasteiger partial charge >= 0.3 is 0 Å². The molecular weight excluding hydrogens is 352 g/mol. The molecule has 3 rings (SSSR count). The molecule has 23 heavy (non-hydrogen) atoms. The van der Waals surface area contributed by atoms with Gasteiger partial charge in [-0.25, -0.2) is 0 Å². The predicted octanol–water partition coefficient (Wildman–Crippen LogP) is 4.04. The average molecular weight is 369 g/mol. The van der Waals surface area contributed by atoms with E-state index in [1.807, 2.05) is 36.1 Å². The first-order valence-corrected chi connectivity index (χ1v) is 9.51. The Morgan fingerprint density at radius 3 is 2.83 bits per heavy atom. The van der Waals surface area contributed by atoms with Crippen LogP contribution in [-0.4, -0.2) is 39.3 Å². The molecule has 1 aliphatic rings. The van der Waals surface area contributed by atoms with Gasteiger partial charge in [-0.3, -0.25) is 4.79 Å². The maximum absolute atomic E-state index is 12.3. The molecule has 0 spiro atoms. The Hall–Kier alpha value is -1.31. The molecule has 0 saturated carbocycles. The number of benzene rings is 1. The molecule has 0 unspecified atom stereocenters. The Balaban J connectivity index is 1.60. The molecule has 5 nitrogen and oxygen atoms in total. The number of amides is 1. The van der Waals surface area contributed by atoms with Crippen molar-refractivity contribution in [3.05, 3.63) is 29.3 Å². The highest BCUT2D eigenvalue weighted by Gasteiger charge is 2.25.